The molecule has 0 aliphatic heterocycles. The highest BCUT2D eigenvalue weighted by Crippen LogP contribution is 2.30. The van der Waals surface area contributed by atoms with Gasteiger partial charge in [0.2, 0.25) is 0 Å². The second-order valence-corrected chi connectivity index (χ2v) is 6.03. The molecule has 6 nitrogen and oxygen atoms in total. The topological polar surface area (TPSA) is 64.1 Å². The molecule has 1 aromatic rings. The van der Waals surface area contributed by atoms with Crippen LogP contribution in [0.25, 0.3) is 0 Å². The molecule has 25 heavy (non-hydrogen) atoms. The summed E-state index contributed by atoms with van der Waals surface area (Å²) in [6.07, 6.45) is 1.20. The van der Waals surface area contributed by atoms with Crippen molar-refractivity contribution < 1.29 is 14.2 Å². The van der Waals surface area contributed by atoms with Crippen molar-refractivity contribution in [1.29, 1.82) is 0 Å². The van der Waals surface area contributed by atoms with Gasteiger partial charge in [0.1, 0.15) is 0 Å². The first kappa shape index (κ1) is 21.1. The molecule has 0 radical (unpaired) electrons. The van der Waals surface area contributed by atoms with Crippen LogP contribution in [-0.2, 0) is 11.3 Å². The van der Waals surface area contributed by atoms with Crippen molar-refractivity contribution in [2.75, 3.05) is 34.4 Å². The third kappa shape index (κ3) is 6.82. The number of ether oxygens (including phenoxy) is 3. The Morgan fingerprint density at radius 1 is 1.16 bits per heavy atom. The van der Waals surface area contributed by atoms with Crippen molar-refractivity contribution in [1.82, 2.24) is 10.6 Å². The molecule has 1 atom stereocenters. The molecule has 1 aromatic carbocycles. The Balaban J connectivity index is 2.55. The smallest absolute Gasteiger partial charge is 0.191 e. The molecule has 0 saturated heterocycles. The highest BCUT2D eigenvalue weighted by atomic mass is 16.5. The van der Waals surface area contributed by atoms with Crippen LogP contribution in [0.1, 0.15) is 32.8 Å². The highest BCUT2D eigenvalue weighted by Gasteiger charge is 2.13. The lowest BCUT2D eigenvalue weighted by Crippen LogP contribution is -2.39. The zero-order valence-electron chi connectivity index (χ0n) is 16.4. The predicted octanol–water partition coefficient (Wildman–Crippen LogP) is 2.82. The molecule has 142 valence electrons. The van der Waals surface area contributed by atoms with E-state index in [0.29, 0.717) is 12.5 Å². The number of benzene rings is 1. The second kappa shape index (κ2) is 11.6. The molecule has 0 bridgehead atoms. The summed E-state index contributed by atoms with van der Waals surface area (Å²) in [6, 6.07) is 5.84. The van der Waals surface area contributed by atoms with Crippen LogP contribution < -0.4 is 20.1 Å². The molecule has 0 fully saturated rings. The van der Waals surface area contributed by atoms with E-state index in [9.17, 15) is 0 Å². The van der Waals surface area contributed by atoms with E-state index >= 15 is 0 Å². The minimum Gasteiger partial charge on any atom is -0.493 e. The van der Waals surface area contributed by atoms with Crippen LogP contribution in [0.5, 0.6) is 11.5 Å². The average molecular weight is 351 g/mol. The van der Waals surface area contributed by atoms with Gasteiger partial charge in [-0.2, -0.15) is 0 Å². The van der Waals surface area contributed by atoms with Gasteiger partial charge in [0.15, 0.2) is 17.5 Å². The molecule has 1 unspecified atom stereocenters. The van der Waals surface area contributed by atoms with Gasteiger partial charge in [0, 0.05) is 32.3 Å². The van der Waals surface area contributed by atoms with Crippen LogP contribution in [0.15, 0.2) is 23.2 Å². The Morgan fingerprint density at radius 2 is 1.92 bits per heavy atom. The van der Waals surface area contributed by atoms with Gasteiger partial charge < -0.3 is 24.8 Å². The van der Waals surface area contributed by atoms with Crippen molar-refractivity contribution in [2.24, 2.45) is 10.9 Å². The third-order valence-corrected chi connectivity index (χ3v) is 4.00. The molecule has 0 aliphatic carbocycles. The molecular formula is C19H33N3O3. The first-order valence-electron chi connectivity index (χ1n) is 8.83. The van der Waals surface area contributed by atoms with Gasteiger partial charge in [-0.25, -0.2) is 0 Å². The molecule has 0 aromatic heterocycles. The number of rotatable bonds is 10. The fourth-order valence-corrected chi connectivity index (χ4v) is 2.65. The normalized spacial score (nSPS) is 12.8. The predicted molar refractivity (Wildman–Crippen MR) is 103 cm³/mol. The van der Waals surface area contributed by atoms with E-state index < -0.39 is 0 Å². The number of guanidine groups is 1. The molecule has 0 spiro atoms. The summed E-state index contributed by atoms with van der Waals surface area (Å²) in [7, 11) is 5.05. The molecular weight excluding hydrogens is 318 g/mol. The highest BCUT2D eigenvalue weighted by molar-refractivity contribution is 5.79. The lowest BCUT2D eigenvalue weighted by Gasteiger charge is -2.21. The van der Waals surface area contributed by atoms with E-state index in [1.54, 1.807) is 21.3 Å². The maximum Gasteiger partial charge on any atom is 0.191 e. The molecule has 2 N–H and O–H groups in total. The molecule has 0 aliphatic rings. The Bertz CT molecular complexity index is 533. The lowest BCUT2D eigenvalue weighted by atomic mass is 10.0. The van der Waals surface area contributed by atoms with Crippen LogP contribution in [-0.4, -0.2) is 46.5 Å². The number of hydrogen-bond donors (Lipinski definition) is 2. The summed E-state index contributed by atoms with van der Waals surface area (Å²) in [5.74, 6) is 2.71. The van der Waals surface area contributed by atoms with Crippen LogP contribution in [0.2, 0.25) is 0 Å². The number of hydrogen-bond acceptors (Lipinski definition) is 4. The fraction of sp³-hybridized carbons (Fsp3) is 0.632. The number of nitrogens with zero attached hydrogens (tertiary/aromatic N) is 1. The summed E-state index contributed by atoms with van der Waals surface area (Å²) < 4.78 is 16.6. The minimum absolute atomic E-state index is 0.258. The number of aliphatic imine (C=N–C) groups is 1. The maximum absolute atomic E-state index is 5.77. The average Bonchev–Trinajstić information content (AvgIpc) is 2.62. The molecule has 0 amide bonds. The summed E-state index contributed by atoms with van der Waals surface area (Å²) in [4.78, 5) is 4.27. The Morgan fingerprint density at radius 3 is 2.48 bits per heavy atom. The van der Waals surface area contributed by atoms with Gasteiger partial charge in [-0.1, -0.05) is 26.0 Å². The number of para-hydroxylation sites is 1. The number of nitrogens with one attached hydrogen (secondary N) is 2. The van der Waals surface area contributed by atoms with Crippen LogP contribution >= 0.6 is 0 Å². The van der Waals surface area contributed by atoms with Crippen molar-refractivity contribution in [2.45, 2.75) is 39.8 Å². The zero-order chi connectivity index (χ0) is 18.7. The lowest BCUT2D eigenvalue weighted by molar-refractivity contribution is 0.0258. The zero-order valence-corrected chi connectivity index (χ0v) is 16.4. The van der Waals surface area contributed by atoms with Crippen molar-refractivity contribution in [3.63, 3.8) is 0 Å². The number of methoxy groups -OCH3 is 2. The first-order valence-corrected chi connectivity index (χ1v) is 8.83. The summed E-state index contributed by atoms with van der Waals surface area (Å²) in [5, 5.41) is 6.65. The standard InChI is InChI=1S/C19H33N3O3/c1-7-25-16(14(2)3)11-12-21-19(20-4)22-13-15-9-8-10-17(23-5)18(15)24-6/h8-10,14,16H,7,11-13H2,1-6H3,(H2,20,21,22). The van der Waals surface area contributed by atoms with Gasteiger partial charge in [0.25, 0.3) is 0 Å². The van der Waals surface area contributed by atoms with E-state index in [1.807, 2.05) is 25.1 Å². The monoisotopic (exact) mass is 351 g/mol. The largest absolute Gasteiger partial charge is 0.493 e. The summed E-state index contributed by atoms with van der Waals surface area (Å²) >= 11 is 0. The van der Waals surface area contributed by atoms with Gasteiger partial charge >= 0.3 is 0 Å². The van der Waals surface area contributed by atoms with Gasteiger partial charge in [-0.3, -0.25) is 4.99 Å². The second-order valence-electron chi connectivity index (χ2n) is 6.03. The van der Waals surface area contributed by atoms with Gasteiger partial charge in [-0.15, -0.1) is 0 Å². The SMILES string of the molecule is CCOC(CCNC(=NC)NCc1cccc(OC)c1OC)C(C)C. The van der Waals surface area contributed by atoms with Crippen LogP contribution in [0.3, 0.4) is 0 Å². The van der Waals surface area contributed by atoms with E-state index in [4.69, 9.17) is 14.2 Å². The van der Waals surface area contributed by atoms with Crippen LogP contribution in [0.4, 0.5) is 0 Å². The molecule has 0 saturated carbocycles. The quantitative estimate of drug-likeness (QED) is 0.501. The van der Waals surface area contributed by atoms with Crippen molar-refractivity contribution >= 4 is 5.96 Å². The van der Waals surface area contributed by atoms with E-state index in [2.05, 4.69) is 29.5 Å². The fourth-order valence-electron chi connectivity index (χ4n) is 2.65. The van der Waals surface area contributed by atoms with Gasteiger partial charge in [0.05, 0.1) is 20.3 Å². The Hall–Kier alpha value is -1.95. The van der Waals surface area contributed by atoms with Gasteiger partial charge in [-0.05, 0) is 25.3 Å². The van der Waals surface area contributed by atoms with E-state index in [-0.39, 0.29) is 6.10 Å². The Kier molecular flexibility index (Phi) is 9.77. The third-order valence-electron chi connectivity index (χ3n) is 4.00. The minimum atomic E-state index is 0.258. The maximum atomic E-state index is 5.77. The van der Waals surface area contributed by atoms with Crippen LogP contribution in [0, 0.1) is 5.92 Å². The van der Waals surface area contributed by atoms with E-state index in [0.717, 1.165) is 42.6 Å². The summed E-state index contributed by atoms with van der Waals surface area (Å²) in [5.41, 5.74) is 1.01. The van der Waals surface area contributed by atoms with E-state index in [1.165, 1.54) is 0 Å². The van der Waals surface area contributed by atoms with Crippen molar-refractivity contribution in [3.8, 4) is 11.5 Å². The first-order chi connectivity index (χ1) is 12.1. The Labute approximate surface area is 152 Å². The molecule has 6 heteroatoms. The van der Waals surface area contributed by atoms with Crippen molar-refractivity contribution in [3.05, 3.63) is 23.8 Å². The molecule has 0 heterocycles. The molecule has 1 rings (SSSR count). The summed E-state index contributed by atoms with van der Waals surface area (Å²) in [6.45, 7) is 8.54.